The van der Waals surface area contributed by atoms with Gasteiger partial charge in [0.05, 0.1) is 17.9 Å². The molecular weight excluding hydrogens is 214 g/mol. The first-order valence-electron chi connectivity index (χ1n) is 6.25. The van der Waals surface area contributed by atoms with E-state index in [4.69, 9.17) is 4.74 Å². The Bertz CT molecular complexity index is 409. The van der Waals surface area contributed by atoms with Crippen molar-refractivity contribution >= 4 is 11.7 Å². The third kappa shape index (κ3) is 2.60. The van der Waals surface area contributed by atoms with Crippen molar-refractivity contribution in [3.63, 3.8) is 0 Å². The van der Waals surface area contributed by atoms with Crippen LogP contribution in [0.2, 0.25) is 0 Å². The molecular formula is C14H19NO2. The fourth-order valence-electron chi connectivity index (χ4n) is 2.26. The maximum absolute atomic E-state index is 11.9. The number of rotatable bonds is 3. The van der Waals surface area contributed by atoms with Gasteiger partial charge in [-0.3, -0.25) is 0 Å². The molecule has 1 aromatic rings. The first-order chi connectivity index (χ1) is 8.22. The Kier molecular flexibility index (Phi) is 3.67. The Morgan fingerprint density at radius 1 is 1.35 bits per heavy atom. The third-order valence-electron chi connectivity index (χ3n) is 3.09. The molecule has 0 bridgehead atoms. The second-order valence-corrected chi connectivity index (χ2v) is 4.44. The number of ether oxygens (including phenoxy) is 1. The minimum atomic E-state index is -0.210. The van der Waals surface area contributed by atoms with Gasteiger partial charge in [-0.05, 0) is 38.8 Å². The highest BCUT2D eigenvalue weighted by molar-refractivity contribution is 5.96. The van der Waals surface area contributed by atoms with Crippen molar-refractivity contribution in [1.82, 2.24) is 0 Å². The number of aryl methyl sites for hydroxylation is 1. The summed E-state index contributed by atoms with van der Waals surface area (Å²) in [5.74, 6) is -0.210. The molecule has 92 valence electrons. The maximum Gasteiger partial charge on any atom is 0.340 e. The van der Waals surface area contributed by atoms with Crippen LogP contribution in [-0.2, 0) is 4.74 Å². The van der Waals surface area contributed by atoms with E-state index in [1.165, 1.54) is 12.8 Å². The summed E-state index contributed by atoms with van der Waals surface area (Å²) in [6, 6.07) is 6.01. The minimum absolute atomic E-state index is 0.210. The monoisotopic (exact) mass is 233 g/mol. The van der Waals surface area contributed by atoms with Crippen molar-refractivity contribution < 1.29 is 9.53 Å². The van der Waals surface area contributed by atoms with Crippen LogP contribution in [0.1, 0.15) is 35.7 Å². The van der Waals surface area contributed by atoms with E-state index in [0.29, 0.717) is 12.2 Å². The van der Waals surface area contributed by atoms with Crippen molar-refractivity contribution in [2.75, 3.05) is 24.6 Å². The number of nitrogens with zero attached hydrogens (tertiary/aromatic N) is 1. The van der Waals surface area contributed by atoms with Gasteiger partial charge in [-0.25, -0.2) is 4.79 Å². The molecule has 0 aliphatic carbocycles. The molecule has 2 rings (SSSR count). The molecule has 0 radical (unpaired) electrons. The molecule has 3 nitrogen and oxygen atoms in total. The number of hydrogen-bond donors (Lipinski definition) is 0. The summed E-state index contributed by atoms with van der Waals surface area (Å²) in [4.78, 5) is 14.2. The summed E-state index contributed by atoms with van der Waals surface area (Å²) >= 11 is 0. The molecule has 0 amide bonds. The Morgan fingerprint density at radius 3 is 2.71 bits per heavy atom. The first-order valence-corrected chi connectivity index (χ1v) is 6.25. The van der Waals surface area contributed by atoms with Crippen LogP contribution < -0.4 is 4.90 Å². The van der Waals surface area contributed by atoms with E-state index in [9.17, 15) is 4.79 Å². The van der Waals surface area contributed by atoms with E-state index >= 15 is 0 Å². The second kappa shape index (κ2) is 5.21. The van der Waals surface area contributed by atoms with Crippen LogP contribution in [0, 0.1) is 6.92 Å². The maximum atomic E-state index is 11.9. The predicted molar refractivity (Wildman–Crippen MR) is 68.6 cm³/mol. The standard InChI is InChI=1S/C14H19NO2/c1-3-17-14(16)12-10-11(2)6-7-13(12)15-8-4-5-9-15/h6-7,10H,3-5,8-9H2,1-2H3. The number of benzene rings is 1. The fraction of sp³-hybridized carbons (Fsp3) is 0.500. The van der Waals surface area contributed by atoms with Crippen molar-refractivity contribution in [2.45, 2.75) is 26.7 Å². The van der Waals surface area contributed by atoms with Crippen LogP contribution in [0.3, 0.4) is 0 Å². The molecule has 0 atom stereocenters. The largest absolute Gasteiger partial charge is 0.462 e. The molecule has 0 N–H and O–H groups in total. The van der Waals surface area contributed by atoms with Crippen LogP contribution in [0.4, 0.5) is 5.69 Å². The van der Waals surface area contributed by atoms with Crippen molar-refractivity contribution in [3.8, 4) is 0 Å². The van der Waals surface area contributed by atoms with Gasteiger partial charge in [0, 0.05) is 13.1 Å². The highest BCUT2D eigenvalue weighted by atomic mass is 16.5. The van der Waals surface area contributed by atoms with Gasteiger partial charge in [0.2, 0.25) is 0 Å². The van der Waals surface area contributed by atoms with E-state index in [1.54, 1.807) is 0 Å². The molecule has 0 unspecified atom stereocenters. The topological polar surface area (TPSA) is 29.5 Å². The van der Waals surface area contributed by atoms with Crippen molar-refractivity contribution in [1.29, 1.82) is 0 Å². The molecule has 0 spiro atoms. The first kappa shape index (κ1) is 12.0. The molecule has 1 aliphatic heterocycles. The predicted octanol–water partition coefficient (Wildman–Crippen LogP) is 2.77. The van der Waals surface area contributed by atoms with Gasteiger partial charge >= 0.3 is 5.97 Å². The summed E-state index contributed by atoms with van der Waals surface area (Å²) < 4.78 is 5.12. The molecule has 0 aromatic heterocycles. The van der Waals surface area contributed by atoms with Crippen LogP contribution >= 0.6 is 0 Å². The molecule has 3 heteroatoms. The minimum Gasteiger partial charge on any atom is -0.462 e. The van der Waals surface area contributed by atoms with E-state index in [0.717, 1.165) is 24.3 Å². The smallest absolute Gasteiger partial charge is 0.340 e. The number of carbonyl (C=O) groups excluding carboxylic acids is 1. The van der Waals surface area contributed by atoms with E-state index < -0.39 is 0 Å². The SMILES string of the molecule is CCOC(=O)c1cc(C)ccc1N1CCCC1. The normalized spacial score (nSPS) is 15.1. The van der Waals surface area contributed by atoms with Gasteiger partial charge in [0.25, 0.3) is 0 Å². The molecule has 1 heterocycles. The van der Waals surface area contributed by atoms with E-state index in [2.05, 4.69) is 11.0 Å². The van der Waals surface area contributed by atoms with Crippen LogP contribution in [0.5, 0.6) is 0 Å². The molecule has 1 aromatic carbocycles. The van der Waals surface area contributed by atoms with Crippen LogP contribution in [-0.4, -0.2) is 25.7 Å². The van der Waals surface area contributed by atoms with Crippen molar-refractivity contribution in [3.05, 3.63) is 29.3 Å². The lowest BCUT2D eigenvalue weighted by molar-refractivity contribution is 0.0527. The number of anilines is 1. The lowest BCUT2D eigenvalue weighted by Crippen LogP contribution is -2.21. The van der Waals surface area contributed by atoms with Crippen molar-refractivity contribution in [2.24, 2.45) is 0 Å². The zero-order chi connectivity index (χ0) is 12.3. The quantitative estimate of drug-likeness (QED) is 0.752. The fourth-order valence-corrected chi connectivity index (χ4v) is 2.26. The van der Waals surface area contributed by atoms with Gasteiger partial charge in [-0.15, -0.1) is 0 Å². The third-order valence-corrected chi connectivity index (χ3v) is 3.09. The Balaban J connectivity index is 2.33. The van der Waals surface area contributed by atoms with Gasteiger partial charge in [-0.1, -0.05) is 11.6 Å². The Morgan fingerprint density at radius 2 is 2.06 bits per heavy atom. The summed E-state index contributed by atoms with van der Waals surface area (Å²) in [6.45, 7) is 6.33. The van der Waals surface area contributed by atoms with E-state index in [-0.39, 0.29) is 5.97 Å². The van der Waals surface area contributed by atoms with Gasteiger partial charge < -0.3 is 9.64 Å². The van der Waals surface area contributed by atoms with Gasteiger partial charge in [-0.2, -0.15) is 0 Å². The Labute approximate surface area is 102 Å². The molecule has 17 heavy (non-hydrogen) atoms. The summed E-state index contributed by atoms with van der Waals surface area (Å²) in [6.07, 6.45) is 2.41. The number of esters is 1. The summed E-state index contributed by atoms with van der Waals surface area (Å²) in [5.41, 5.74) is 2.82. The lowest BCUT2D eigenvalue weighted by Gasteiger charge is -2.21. The van der Waals surface area contributed by atoms with Crippen LogP contribution in [0.25, 0.3) is 0 Å². The number of carbonyl (C=O) groups is 1. The van der Waals surface area contributed by atoms with E-state index in [1.807, 2.05) is 26.0 Å². The Hall–Kier alpha value is -1.51. The lowest BCUT2D eigenvalue weighted by atomic mass is 10.1. The average molecular weight is 233 g/mol. The molecule has 1 saturated heterocycles. The molecule has 1 fully saturated rings. The van der Waals surface area contributed by atoms with Gasteiger partial charge in [0.1, 0.15) is 0 Å². The summed E-state index contributed by atoms with van der Waals surface area (Å²) in [7, 11) is 0. The second-order valence-electron chi connectivity index (χ2n) is 4.44. The molecule has 0 saturated carbocycles. The van der Waals surface area contributed by atoms with Crippen LogP contribution in [0.15, 0.2) is 18.2 Å². The number of hydrogen-bond acceptors (Lipinski definition) is 3. The zero-order valence-electron chi connectivity index (χ0n) is 10.5. The highest BCUT2D eigenvalue weighted by Crippen LogP contribution is 2.26. The zero-order valence-corrected chi connectivity index (χ0v) is 10.5. The molecule has 1 aliphatic rings. The highest BCUT2D eigenvalue weighted by Gasteiger charge is 2.20. The average Bonchev–Trinajstić information content (AvgIpc) is 2.82. The van der Waals surface area contributed by atoms with Gasteiger partial charge in [0.15, 0.2) is 0 Å². The summed E-state index contributed by atoms with van der Waals surface area (Å²) in [5, 5.41) is 0.